The van der Waals surface area contributed by atoms with Crippen molar-refractivity contribution in [3.05, 3.63) is 76.3 Å². The van der Waals surface area contributed by atoms with E-state index in [0.717, 1.165) is 50.1 Å². The van der Waals surface area contributed by atoms with E-state index in [1.54, 1.807) is 4.57 Å². The van der Waals surface area contributed by atoms with E-state index in [1.165, 1.54) is 5.56 Å². The van der Waals surface area contributed by atoms with E-state index >= 15 is 0 Å². The summed E-state index contributed by atoms with van der Waals surface area (Å²) in [6.45, 7) is 6.52. The zero-order valence-electron chi connectivity index (χ0n) is 21.3. The fraction of sp³-hybridized carbons (Fsp3) is 0.448. The van der Waals surface area contributed by atoms with Crippen LogP contribution in [0.2, 0.25) is 0 Å². The molecule has 1 saturated heterocycles. The Hall–Kier alpha value is -3.48. The normalized spacial score (nSPS) is 14.8. The summed E-state index contributed by atoms with van der Waals surface area (Å²) in [6.07, 6.45) is 4.94. The van der Waals surface area contributed by atoms with Gasteiger partial charge >= 0.3 is 0 Å². The van der Waals surface area contributed by atoms with Gasteiger partial charge in [0.25, 0.3) is 5.56 Å². The Balaban J connectivity index is 1.29. The Morgan fingerprint density at radius 2 is 1.72 bits per heavy atom. The van der Waals surface area contributed by atoms with Crippen LogP contribution in [0.1, 0.15) is 50.9 Å². The van der Waals surface area contributed by atoms with E-state index in [2.05, 4.69) is 54.4 Å². The van der Waals surface area contributed by atoms with Gasteiger partial charge in [-0.15, -0.1) is 10.2 Å². The molecule has 188 valence electrons. The second-order valence-electron chi connectivity index (χ2n) is 10.4. The summed E-state index contributed by atoms with van der Waals surface area (Å²) in [5, 5.41) is 9.49. The van der Waals surface area contributed by atoms with Gasteiger partial charge in [-0.2, -0.15) is 0 Å². The maximum Gasteiger partial charge on any atom is 0.262 e. The molecule has 0 saturated carbocycles. The Morgan fingerprint density at radius 1 is 1.00 bits per heavy atom. The van der Waals surface area contributed by atoms with E-state index in [0.29, 0.717) is 42.4 Å². The number of rotatable bonds is 8. The third-order valence-corrected chi connectivity index (χ3v) is 7.40. The molecule has 0 atom stereocenters. The molecule has 2 aromatic carbocycles. The van der Waals surface area contributed by atoms with Gasteiger partial charge in [-0.1, -0.05) is 56.3 Å². The van der Waals surface area contributed by atoms with Crippen molar-refractivity contribution in [1.29, 1.82) is 0 Å². The molecule has 0 spiro atoms. The van der Waals surface area contributed by atoms with Crippen molar-refractivity contribution in [3.63, 3.8) is 0 Å². The molecular weight excluding hydrogens is 450 g/mol. The molecular formula is C29H35N5O2. The van der Waals surface area contributed by atoms with Crippen molar-refractivity contribution >= 4 is 22.6 Å². The van der Waals surface area contributed by atoms with Crippen LogP contribution >= 0.6 is 0 Å². The number of amides is 1. The highest BCUT2D eigenvalue weighted by atomic mass is 16.2. The number of nitrogens with zero attached hydrogens (tertiary/aromatic N) is 5. The van der Waals surface area contributed by atoms with Crippen molar-refractivity contribution in [2.75, 3.05) is 13.1 Å². The van der Waals surface area contributed by atoms with Crippen LogP contribution in [0.4, 0.5) is 0 Å². The summed E-state index contributed by atoms with van der Waals surface area (Å²) >= 11 is 0. The van der Waals surface area contributed by atoms with Gasteiger partial charge in [-0.05, 0) is 55.2 Å². The predicted octanol–water partition coefficient (Wildman–Crippen LogP) is 4.50. The number of likely N-dealkylation sites (tertiary alicyclic amines) is 1. The number of benzene rings is 2. The number of aryl methyl sites for hydroxylation is 2. The summed E-state index contributed by atoms with van der Waals surface area (Å²) in [5.41, 5.74) is 2.14. The maximum absolute atomic E-state index is 13.2. The third kappa shape index (κ3) is 5.06. The average molecular weight is 486 g/mol. The van der Waals surface area contributed by atoms with E-state index in [9.17, 15) is 9.59 Å². The molecule has 1 amide bonds. The average Bonchev–Trinajstić information content (AvgIpc) is 3.32. The molecule has 0 unspecified atom stereocenters. The van der Waals surface area contributed by atoms with E-state index in [4.69, 9.17) is 0 Å². The summed E-state index contributed by atoms with van der Waals surface area (Å²) in [6, 6.07) is 18.2. The maximum atomic E-state index is 13.2. The Kier molecular flexibility index (Phi) is 7.16. The second kappa shape index (κ2) is 10.6. The lowest BCUT2D eigenvalue weighted by molar-refractivity contribution is -0.132. The highest BCUT2D eigenvalue weighted by Crippen LogP contribution is 2.23. The number of carbonyl (C=O) groups excluding carboxylic acids is 1. The SMILES string of the molecule is CC(C)CCn1c(=O)c2ccccc2n2c(CCC(=O)N3CCC(Cc4ccccc4)CC3)nnc12. The molecule has 5 rings (SSSR count). The molecule has 7 heteroatoms. The quantitative estimate of drug-likeness (QED) is 0.368. The molecule has 1 aliphatic rings. The molecule has 2 aromatic heterocycles. The summed E-state index contributed by atoms with van der Waals surface area (Å²) in [4.78, 5) is 28.3. The van der Waals surface area contributed by atoms with Gasteiger partial charge < -0.3 is 4.90 Å². The standard InChI is InChI=1S/C29H35N5O2/c1-21(2)14-19-33-28(36)24-10-6-7-11-25(24)34-26(30-31-29(33)34)12-13-27(35)32-17-15-23(16-18-32)20-22-8-4-3-5-9-22/h3-11,21,23H,12-20H2,1-2H3. The zero-order valence-corrected chi connectivity index (χ0v) is 21.3. The molecule has 7 nitrogen and oxygen atoms in total. The first-order valence-electron chi connectivity index (χ1n) is 13.2. The second-order valence-corrected chi connectivity index (χ2v) is 10.4. The van der Waals surface area contributed by atoms with Gasteiger partial charge in [0.15, 0.2) is 0 Å². The highest BCUT2D eigenvalue weighted by molar-refractivity contribution is 5.80. The molecule has 0 aliphatic carbocycles. The Bertz CT molecular complexity index is 1400. The fourth-order valence-electron chi connectivity index (χ4n) is 5.28. The fourth-order valence-corrected chi connectivity index (χ4v) is 5.28. The topological polar surface area (TPSA) is 72.5 Å². The largest absolute Gasteiger partial charge is 0.343 e. The van der Waals surface area contributed by atoms with Gasteiger partial charge in [0.05, 0.1) is 10.9 Å². The number of hydrogen-bond donors (Lipinski definition) is 0. The van der Waals surface area contributed by atoms with Crippen molar-refractivity contribution in [2.24, 2.45) is 11.8 Å². The van der Waals surface area contributed by atoms with E-state index in [-0.39, 0.29) is 11.5 Å². The van der Waals surface area contributed by atoms with Crippen molar-refractivity contribution in [1.82, 2.24) is 24.1 Å². The summed E-state index contributed by atoms with van der Waals surface area (Å²) in [5.74, 6) is 2.56. The number of carbonyl (C=O) groups is 1. The minimum Gasteiger partial charge on any atom is -0.343 e. The van der Waals surface area contributed by atoms with Crippen LogP contribution in [0.15, 0.2) is 59.4 Å². The highest BCUT2D eigenvalue weighted by Gasteiger charge is 2.24. The lowest BCUT2D eigenvalue weighted by Gasteiger charge is -2.32. The van der Waals surface area contributed by atoms with Crippen LogP contribution in [0.3, 0.4) is 0 Å². The van der Waals surface area contributed by atoms with Crippen molar-refractivity contribution in [2.45, 2.75) is 58.9 Å². The molecule has 4 aromatic rings. The molecule has 36 heavy (non-hydrogen) atoms. The van der Waals surface area contributed by atoms with E-state index in [1.807, 2.05) is 33.6 Å². The minimum atomic E-state index is -0.0350. The lowest BCUT2D eigenvalue weighted by Crippen LogP contribution is -2.39. The van der Waals surface area contributed by atoms with Gasteiger partial charge in [0.1, 0.15) is 5.82 Å². The molecule has 1 aliphatic heterocycles. The number of piperidine rings is 1. The van der Waals surface area contributed by atoms with Crippen LogP contribution in [-0.4, -0.2) is 43.1 Å². The van der Waals surface area contributed by atoms with Gasteiger partial charge in [0.2, 0.25) is 11.7 Å². The molecule has 0 N–H and O–H groups in total. The van der Waals surface area contributed by atoms with Crippen molar-refractivity contribution in [3.8, 4) is 0 Å². The first-order valence-corrected chi connectivity index (χ1v) is 13.2. The first kappa shape index (κ1) is 24.2. The van der Waals surface area contributed by atoms with Gasteiger partial charge in [0, 0.05) is 32.5 Å². The third-order valence-electron chi connectivity index (χ3n) is 7.40. The zero-order chi connectivity index (χ0) is 25.1. The monoisotopic (exact) mass is 485 g/mol. The molecule has 3 heterocycles. The number of aromatic nitrogens is 4. The predicted molar refractivity (Wildman–Crippen MR) is 142 cm³/mol. The first-order chi connectivity index (χ1) is 17.5. The molecule has 0 bridgehead atoms. The van der Waals surface area contributed by atoms with E-state index < -0.39 is 0 Å². The van der Waals surface area contributed by atoms with Crippen molar-refractivity contribution < 1.29 is 4.79 Å². The smallest absolute Gasteiger partial charge is 0.262 e. The summed E-state index contributed by atoms with van der Waals surface area (Å²) in [7, 11) is 0. The molecule has 1 fully saturated rings. The lowest BCUT2D eigenvalue weighted by atomic mass is 9.90. The van der Waals surface area contributed by atoms with Crippen LogP contribution < -0.4 is 5.56 Å². The Labute approximate surface area is 211 Å². The number of fused-ring (bicyclic) bond motifs is 3. The summed E-state index contributed by atoms with van der Waals surface area (Å²) < 4.78 is 3.70. The number of hydrogen-bond acceptors (Lipinski definition) is 4. The van der Waals surface area contributed by atoms with Gasteiger partial charge in [-0.25, -0.2) is 0 Å². The minimum absolute atomic E-state index is 0.0350. The number of para-hydroxylation sites is 1. The Morgan fingerprint density at radius 3 is 2.47 bits per heavy atom. The van der Waals surface area contributed by atoms with Gasteiger partial charge in [-0.3, -0.25) is 18.6 Å². The van der Waals surface area contributed by atoms with Crippen LogP contribution in [0.25, 0.3) is 16.7 Å². The van der Waals surface area contributed by atoms with Crippen LogP contribution in [0, 0.1) is 11.8 Å². The van der Waals surface area contributed by atoms with Crippen LogP contribution in [0.5, 0.6) is 0 Å². The van der Waals surface area contributed by atoms with Crippen LogP contribution in [-0.2, 0) is 24.2 Å². The molecule has 0 radical (unpaired) electrons.